The van der Waals surface area contributed by atoms with Gasteiger partial charge in [-0.15, -0.1) is 0 Å². The molecule has 2 aromatic carbocycles. The lowest BCUT2D eigenvalue weighted by molar-refractivity contribution is -0.122. The molecule has 0 bridgehead atoms. The molecule has 10 heteroatoms. The highest BCUT2D eigenvalue weighted by Crippen LogP contribution is 2.21. The number of hydrogen-bond donors (Lipinski definition) is 1. The van der Waals surface area contributed by atoms with Gasteiger partial charge in [0.25, 0.3) is 0 Å². The highest BCUT2D eigenvalue weighted by molar-refractivity contribution is 7.90. The Balaban J connectivity index is 2.14. The topological polar surface area (TPSA) is 101 Å². The maximum atomic E-state index is 12.6. The van der Waals surface area contributed by atoms with Crippen LogP contribution < -0.4 is 5.32 Å². The van der Waals surface area contributed by atoms with Crippen molar-refractivity contribution in [2.75, 3.05) is 19.1 Å². The Bertz CT molecular complexity index is 1100. The third kappa shape index (κ3) is 6.80. The second-order valence-corrected chi connectivity index (χ2v) is 11.4. The average Bonchev–Trinajstić information content (AvgIpc) is 2.66. The van der Waals surface area contributed by atoms with Crippen LogP contribution in [0.2, 0.25) is 5.02 Å². The summed E-state index contributed by atoms with van der Waals surface area (Å²) in [5.74, 6) is -0.466. The summed E-state index contributed by atoms with van der Waals surface area (Å²) < 4.78 is 48.6. The van der Waals surface area contributed by atoms with Crippen LogP contribution in [0, 0.1) is 0 Å². The van der Waals surface area contributed by atoms with Gasteiger partial charge in [0, 0.05) is 17.8 Å². The fourth-order valence-electron chi connectivity index (χ4n) is 2.88. The van der Waals surface area contributed by atoms with E-state index in [0.29, 0.717) is 17.0 Å². The van der Waals surface area contributed by atoms with E-state index in [2.05, 4.69) is 5.32 Å². The van der Waals surface area contributed by atoms with Crippen molar-refractivity contribution >= 4 is 37.4 Å². The van der Waals surface area contributed by atoms with Gasteiger partial charge in [-0.05, 0) is 35.7 Å². The normalized spacial score (nSPS) is 13.2. The van der Waals surface area contributed by atoms with Crippen LogP contribution in [0.15, 0.2) is 53.4 Å². The van der Waals surface area contributed by atoms with Crippen LogP contribution in [0.25, 0.3) is 0 Å². The van der Waals surface area contributed by atoms with Crippen LogP contribution in [-0.4, -0.2) is 46.1 Å². The minimum absolute atomic E-state index is 0.0220. The summed E-state index contributed by atoms with van der Waals surface area (Å²) in [4.78, 5) is 12.8. The average molecular weight is 473 g/mol. The Morgan fingerprint density at radius 1 is 1.03 bits per heavy atom. The van der Waals surface area contributed by atoms with Crippen LogP contribution in [0.4, 0.5) is 0 Å². The lowest BCUT2D eigenvalue weighted by Crippen LogP contribution is -2.41. The van der Waals surface area contributed by atoms with E-state index >= 15 is 0 Å². The summed E-state index contributed by atoms with van der Waals surface area (Å²) in [5, 5.41) is 3.24. The zero-order chi connectivity index (χ0) is 22.5. The van der Waals surface area contributed by atoms with Crippen molar-refractivity contribution < 1.29 is 21.6 Å². The second kappa shape index (κ2) is 9.91. The number of carbonyl (C=O) groups excluding carboxylic acids is 1. The van der Waals surface area contributed by atoms with Gasteiger partial charge >= 0.3 is 0 Å². The van der Waals surface area contributed by atoms with Crippen molar-refractivity contribution in [1.82, 2.24) is 9.62 Å². The van der Waals surface area contributed by atoms with Crippen LogP contribution in [0.3, 0.4) is 0 Å². The van der Waals surface area contributed by atoms with Gasteiger partial charge in [0.1, 0.15) is 0 Å². The predicted octanol–water partition coefficient (Wildman–Crippen LogP) is 2.77. The molecule has 7 nitrogen and oxygen atoms in total. The number of carbonyl (C=O) groups is 1. The number of hydrogen-bond acceptors (Lipinski definition) is 5. The van der Waals surface area contributed by atoms with E-state index in [1.54, 1.807) is 36.4 Å². The highest BCUT2D eigenvalue weighted by atomic mass is 35.5. The molecule has 0 aliphatic heterocycles. The number of amides is 1. The van der Waals surface area contributed by atoms with Crippen molar-refractivity contribution in [1.29, 1.82) is 0 Å². The molecule has 1 amide bonds. The summed E-state index contributed by atoms with van der Waals surface area (Å²) in [7, 11) is -6.97. The third-order valence-corrected chi connectivity index (χ3v) is 7.24. The molecule has 0 spiro atoms. The van der Waals surface area contributed by atoms with E-state index in [1.165, 1.54) is 12.1 Å². The molecule has 0 fully saturated rings. The quantitative estimate of drug-likeness (QED) is 0.604. The summed E-state index contributed by atoms with van der Waals surface area (Å²) in [6.45, 7) is 1.49. The summed E-state index contributed by atoms with van der Waals surface area (Å²) >= 11 is 6.12. The number of sulfonamides is 1. The Morgan fingerprint density at radius 2 is 1.63 bits per heavy atom. The SMILES string of the molecule is CCC(NC(=O)CN(Cc1ccccc1Cl)S(C)(=O)=O)c1ccc(S(C)(=O)=O)cc1. The number of benzene rings is 2. The van der Waals surface area contributed by atoms with E-state index in [1.807, 2.05) is 6.92 Å². The molecule has 30 heavy (non-hydrogen) atoms. The van der Waals surface area contributed by atoms with Crippen LogP contribution in [0.1, 0.15) is 30.5 Å². The zero-order valence-electron chi connectivity index (χ0n) is 17.0. The molecule has 0 aliphatic carbocycles. The molecule has 0 aliphatic rings. The van der Waals surface area contributed by atoms with Crippen molar-refractivity contribution in [3.8, 4) is 0 Å². The standard InChI is InChI=1S/C20H25ClN2O5S2/c1-4-19(15-9-11-17(12-10-15)29(2,25)26)22-20(24)14-23(30(3,27)28)13-16-7-5-6-8-18(16)21/h5-12,19H,4,13-14H2,1-3H3,(H,22,24). The lowest BCUT2D eigenvalue weighted by atomic mass is 10.0. The summed E-state index contributed by atoms with van der Waals surface area (Å²) in [6.07, 6.45) is 2.71. The summed E-state index contributed by atoms with van der Waals surface area (Å²) in [6, 6.07) is 12.7. The largest absolute Gasteiger partial charge is 0.348 e. The zero-order valence-corrected chi connectivity index (χ0v) is 19.4. The number of nitrogens with one attached hydrogen (secondary N) is 1. The molecule has 0 saturated carbocycles. The Labute approximate surface area is 183 Å². The van der Waals surface area contributed by atoms with Crippen molar-refractivity contribution in [2.24, 2.45) is 0 Å². The summed E-state index contributed by atoms with van der Waals surface area (Å²) in [5.41, 5.74) is 1.33. The molecular weight excluding hydrogens is 448 g/mol. The molecule has 1 atom stereocenters. The highest BCUT2D eigenvalue weighted by Gasteiger charge is 2.23. The van der Waals surface area contributed by atoms with Gasteiger partial charge in [-0.3, -0.25) is 4.79 Å². The van der Waals surface area contributed by atoms with Gasteiger partial charge < -0.3 is 5.32 Å². The number of halogens is 1. The Morgan fingerprint density at radius 3 is 2.13 bits per heavy atom. The molecule has 0 aromatic heterocycles. The van der Waals surface area contributed by atoms with Gasteiger partial charge in [0.15, 0.2) is 9.84 Å². The maximum Gasteiger partial charge on any atom is 0.235 e. The van der Waals surface area contributed by atoms with Gasteiger partial charge in [-0.25, -0.2) is 16.8 Å². The fourth-order valence-corrected chi connectivity index (χ4v) is 4.43. The minimum atomic E-state index is -3.66. The van der Waals surface area contributed by atoms with E-state index in [9.17, 15) is 21.6 Å². The monoisotopic (exact) mass is 472 g/mol. The molecule has 164 valence electrons. The predicted molar refractivity (Wildman–Crippen MR) is 117 cm³/mol. The van der Waals surface area contributed by atoms with Crippen molar-refractivity contribution in [3.63, 3.8) is 0 Å². The first-order valence-corrected chi connectivity index (χ1v) is 13.3. The van der Waals surface area contributed by atoms with Gasteiger partial charge in [-0.1, -0.05) is 48.9 Å². The van der Waals surface area contributed by atoms with E-state index in [4.69, 9.17) is 11.6 Å². The minimum Gasteiger partial charge on any atom is -0.348 e. The molecule has 0 saturated heterocycles. The first kappa shape index (κ1) is 24.3. The molecule has 1 unspecified atom stereocenters. The maximum absolute atomic E-state index is 12.6. The van der Waals surface area contributed by atoms with Gasteiger partial charge in [0.2, 0.25) is 15.9 Å². The number of rotatable bonds is 9. The van der Waals surface area contributed by atoms with Crippen LogP contribution in [-0.2, 0) is 31.2 Å². The molecule has 0 radical (unpaired) electrons. The first-order chi connectivity index (χ1) is 13.9. The van der Waals surface area contributed by atoms with Gasteiger partial charge in [-0.2, -0.15) is 4.31 Å². The molecule has 2 aromatic rings. The molecule has 0 heterocycles. The molecule has 2 rings (SSSR count). The fraction of sp³-hybridized carbons (Fsp3) is 0.350. The van der Waals surface area contributed by atoms with Crippen molar-refractivity contribution in [3.05, 3.63) is 64.7 Å². The first-order valence-electron chi connectivity index (χ1n) is 9.19. The van der Waals surface area contributed by atoms with Crippen LogP contribution >= 0.6 is 11.6 Å². The van der Waals surface area contributed by atoms with E-state index < -0.39 is 25.8 Å². The number of nitrogens with zero attached hydrogens (tertiary/aromatic N) is 1. The Kier molecular flexibility index (Phi) is 8.04. The van der Waals surface area contributed by atoms with Crippen molar-refractivity contribution in [2.45, 2.75) is 30.8 Å². The molecular formula is C20H25ClN2O5S2. The van der Waals surface area contributed by atoms with Crippen LogP contribution in [0.5, 0.6) is 0 Å². The van der Waals surface area contributed by atoms with E-state index in [-0.39, 0.29) is 24.0 Å². The molecule has 1 N–H and O–H groups in total. The Hall–Kier alpha value is -1.94. The second-order valence-electron chi connectivity index (χ2n) is 6.99. The lowest BCUT2D eigenvalue weighted by Gasteiger charge is -2.23. The third-order valence-electron chi connectivity index (χ3n) is 4.55. The number of sulfone groups is 1. The van der Waals surface area contributed by atoms with Gasteiger partial charge in [0.05, 0.1) is 23.7 Å². The van der Waals surface area contributed by atoms with E-state index in [0.717, 1.165) is 22.4 Å². The smallest absolute Gasteiger partial charge is 0.235 e.